The molecule has 1 amide bonds. The molecular weight excluding hydrogens is 463 g/mol. The molecule has 0 spiro atoms. The van der Waals surface area contributed by atoms with E-state index in [2.05, 4.69) is 31.1 Å². The summed E-state index contributed by atoms with van der Waals surface area (Å²) in [6.07, 6.45) is 0.0206. The van der Waals surface area contributed by atoms with E-state index in [0.717, 1.165) is 37.0 Å². The van der Waals surface area contributed by atoms with E-state index in [1.54, 1.807) is 6.92 Å². The van der Waals surface area contributed by atoms with Gasteiger partial charge in [-0.3, -0.25) is 4.79 Å². The number of rotatable bonds is 4. The molecule has 1 aromatic heterocycles. The van der Waals surface area contributed by atoms with Crippen LogP contribution in [-0.4, -0.2) is 28.4 Å². The summed E-state index contributed by atoms with van der Waals surface area (Å²) in [7, 11) is 0. The lowest BCUT2D eigenvalue weighted by atomic mass is 9.76. The highest BCUT2D eigenvalue weighted by Crippen LogP contribution is 2.52. The van der Waals surface area contributed by atoms with Crippen LogP contribution < -0.4 is 5.32 Å². The van der Waals surface area contributed by atoms with Gasteiger partial charge in [-0.15, -0.1) is 0 Å². The molecule has 36 heavy (non-hydrogen) atoms. The van der Waals surface area contributed by atoms with E-state index in [1.165, 1.54) is 6.42 Å². The average Bonchev–Trinajstić information content (AvgIpc) is 3.52. The second-order valence-corrected chi connectivity index (χ2v) is 12.2. The highest BCUT2D eigenvalue weighted by molar-refractivity contribution is 5.81. The van der Waals surface area contributed by atoms with Crippen LogP contribution in [0.3, 0.4) is 0 Å². The molecule has 1 aromatic carbocycles. The number of carbonyl (C=O) groups is 1. The molecule has 2 saturated carbocycles. The normalized spacial score (nSPS) is 30.1. The number of hydrogen-bond donors (Lipinski definition) is 1. The van der Waals surface area contributed by atoms with Gasteiger partial charge in [0.25, 0.3) is 0 Å². The fourth-order valence-electron chi connectivity index (χ4n) is 6.95. The van der Waals surface area contributed by atoms with Gasteiger partial charge in [0.1, 0.15) is 5.82 Å². The van der Waals surface area contributed by atoms with Gasteiger partial charge in [0, 0.05) is 24.1 Å². The van der Waals surface area contributed by atoms with Crippen LogP contribution in [0.4, 0.5) is 19.0 Å². The zero-order valence-corrected chi connectivity index (χ0v) is 21.5. The number of likely N-dealkylation sites (tertiary alicyclic amines) is 1. The van der Waals surface area contributed by atoms with Gasteiger partial charge in [-0.2, -0.15) is 13.2 Å². The fourth-order valence-corrected chi connectivity index (χ4v) is 6.95. The van der Waals surface area contributed by atoms with Crippen LogP contribution >= 0.6 is 0 Å². The van der Waals surface area contributed by atoms with Crippen molar-refractivity contribution in [1.29, 1.82) is 0 Å². The molecule has 4 nitrogen and oxygen atoms in total. The minimum Gasteiger partial charge on any atom is -0.365 e. The molecule has 3 unspecified atom stereocenters. The van der Waals surface area contributed by atoms with E-state index in [0.29, 0.717) is 24.1 Å². The number of benzene rings is 1. The lowest BCUT2D eigenvalue weighted by Crippen LogP contribution is -2.40. The smallest absolute Gasteiger partial charge is 0.365 e. The van der Waals surface area contributed by atoms with Crippen molar-refractivity contribution in [3.63, 3.8) is 0 Å². The van der Waals surface area contributed by atoms with Gasteiger partial charge in [-0.25, -0.2) is 4.98 Å². The van der Waals surface area contributed by atoms with Crippen molar-refractivity contribution in [1.82, 2.24) is 9.88 Å². The monoisotopic (exact) mass is 499 g/mol. The zero-order chi connectivity index (χ0) is 25.8. The summed E-state index contributed by atoms with van der Waals surface area (Å²) >= 11 is 0. The van der Waals surface area contributed by atoms with Gasteiger partial charge in [-0.1, -0.05) is 57.5 Å². The number of nitrogens with one attached hydrogen (secondary N) is 1. The van der Waals surface area contributed by atoms with Crippen LogP contribution in [0.1, 0.15) is 69.3 Å². The lowest BCUT2D eigenvalue weighted by Gasteiger charge is -2.35. The van der Waals surface area contributed by atoms with Crippen molar-refractivity contribution in [2.45, 2.75) is 71.6 Å². The highest BCUT2D eigenvalue weighted by Gasteiger charge is 2.52. The maximum atomic E-state index is 14.1. The molecule has 1 N–H and O–H groups in total. The molecule has 1 aliphatic heterocycles. The van der Waals surface area contributed by atoms with Crippen LogP contribution in [-0.2, 0) is 11.0 Å². The van der Waals surface area contributed by atoms with Gasteiger partial charge in [0.2, 0.25) is 5.91 Å². The Balaban J connectivity index is 1.54. The standard InChI is InChI=1S/C29H36F3N3O/c1-17-12-21(29(30,31)32)15-24(33-17)34-25-23(28(2,3)4)16-35(26(25)19-8-6-5-7-9-19)27(36)22-14-18-10-11-20(22)13-18/h5-9,12,15,18,20,22-23,25-26H,10-11,13-14,16H2,1-4H3,(H,33,34)/t18-,20+,22-,23?,25?,26?/m0/s1. The fraction of sp³-hybridized carbons (Fsp3) is 0.586. The van der Waals surface area contributed by atoms with E-state index in [9.17, 15) is 18.0 Å². The quantitative estimate of drug-likeness (QED) is 0.499. The van der Waals surface area contributed by atoms with Gasteiger partial charge in [0.15, 0.2) is 0 Å². The average molecular weight is 500 g/mol. The Hall–Kier alpha value is -2.57. The van der Waals surface area contributed by atoms with Crippen LogP contribution in [0, 0.1) is 36.0 Å². The summed E-state index contributed by atoms with van der Waals surface area (Å²) in [5.41, 5.74) is 0.421. The molecule has 3 fully saturated rings. The van der Waals surface area contributed by atoms with Crippen molar-refractivity contribution < 1.29 is 18.0 Å². The Morgan fingerprint density at radius 3 is 2.36 bits per heavy atom. The van der Waals surface area contributed by atoms with Gasteiger partial charge in [-0.05, 0) is 61.1 Å². The second kappa shape index (κ2) is 9.07. The minimum absolute atomic E-state index is 0.0295. The molecule has 5 rings (SSSR count). The number of anilines is 1. The third-order valence-corrected chi connectivity index (χ3v) is 8.69. The number of alkyl halides is 3. The Kier molecular flexibility index (Phi) is 6.32. The van der Waals surface area contributed by atoms with Gasteiger partial charge in [0.05, 0.1) is 17.6 Å². The number of nitrogens with zero attached hydrogens (tertiary/aromatic N) is 2. The summed E-state index contributed by atoms with van der Waals surface area (Å²) in [6, 6.07) is 11.5. The number of amides is 1. The number of aryl methyl sites for hydroxylation is 1. The first-order valence-electron chi connectivity index (χ1n) is 13.1. The largest absolute Gasteiger partial charge is 0.416 e. The number of fused-ring (bicyclic) bond motifs is 2. The van der Waals surface area contributed by atoms with Crippen molar-refractivity contribution in [3.8, 4) is 0 Å². The first-order valence-corrected chi connectivity index (χ1v) is 13.1. The lowest BCUT2D eigenvalue weighted by molar-refractivity contribution is -0.138. The van der Waals surface area contributed by atoms with E-state index >= 15 is 0 Å². The van der Waals surface area contributed by atoms with Crippen molar-refractivity contribution in [2.75, 3.05) is 11.9 Å². The summed E-state index contributed by atoms with van der Waals surface area (Å²) in [4.78, 5) is 20.5. The predicted octanol–water partition coefficient (Wildman–Crippen LogP) is 6.87. The van der Waals surface area contributed by atoms with Crippen LogP contribution in [0.5, 0.6) is 0 Å². The van der Waals surface area contributed by atoms with E-state index in [1.807, 2.05) is 35.2 Å². The predicted molar refractivity (Wildman–Crippen MR) is 134 cm³/mol. The molecular formula is C29H36F3N3O. The molecule has 194 valence electrons. The third kappa shape index (κ3) is 4.73. The van der Waals surface area contributed by atoms with Crippen LogP contribution in [0.25, 0.3) is 0 Å². The summed E-state index contributed by atoms with van der Waals surface area (Å²) in [5, 5.41) is 3.40. The topological polar surface area (TPSA) is 45.2 Å². The van der Waals surface area contributed by atoms with Crippen molar-refractivity contribution in [3.05, 3.63) is 59.3 Å². The molecule has 3 aliphatic rings. The Morgan fingerprint density at radius 1 is 1.06 bits per heavy atom. The first-order chi connectivity index (χ1) is 16.9. The maximum absolute atomic E-state index is 14.1. The SMILES string of the molecule is Cc1cc(C(F)(F)F)cc(NC2C(c3ccccc3)N(C(=O)[C@H]3C[C@H]4CC[C@@H]3C4)CC2C(C)(C)C)n1. The maximum Gasteiger partial charge on any atom is 0.416 e. The van der Waals surface area contributed by atoms with Gasteiger partial charge < -0.3 is 10.2 Å². The summed E-state index contributed by atoms with van der Waals surface area (Å²) in [6.45, 7) is 8.58. The molecule has 2 aromatic rings. The number of carbonyl (C=O) groups excluding carboxylic acids is 1. The van der Waals surface area contributed by atoms with E-state index in [-0.39, 0.29) is 41.1 Å². The molecule has 2 heterocycles. The third-order valence-electron chi connectivity index (χ3n) is 8.69. The van der Waals surface area contributed by atoms with Crippen LogP contribution in [0.15, 0.2) is 42.5 Å². The number of hydrogen-bond acceptors (Lipinski definition) is 3. The van der Waals surface area contributed by atoms with Gasteiger partial charge >= 0.3 is 6.18 Å². The van der Waals surface area contributed by atoms with Crippen LogP contribution in [0.2, 0.25) is 0 Å². The summed E-state index contributed by atoms with van der Waals surface area (Å²) in [5.74, 6) is 1.63. The Bertz CT molecular complexity index is 1110. The number of halogens is 3. The summed E-state index contributed by atoms with van der Waals surface area (Å²) < 4.78 is 40.7. The Morgan fingerprint density at radius 2 is 1.78 bits per heavy atom. The number of pyridine rings is 1. The van der Waals surface area contributed by atoms with Crippen molar-refractivity contribution in [2.24, 2.45) is 29.1 Å². The number of aromatic nitrogens is 1. The minimum atomic E-state index is -4.45. The Labute approximate surface area is 211 Å². The molecule has 2 bridgehead atoms. The molecule has 1 saturated heterocycles. The van der Waals surface area contributed by atoms with Crippen molar-refractivity contribution >= 4 is 11.7 Å². The first kappa shape index (κ1) is 25.1. The second-order valence-electron chi connectivity index (χ2n) is 12.2. The highest BCUT2D eigenvalue weighted by atomic mass is 19.4. The molecule has 2 aliphatic carbocycles. The molecule has 0 radical (unpaired) electrons. The molecule has 7 heteroatoms. The van der Waals surface area contributed by atoms with E-state index < -0.39 is 11.7 Å². The van der Waals surface area contributed by atoms with E-state index in [4.69, 9.17) is 0 Å². The molecule has 6 atom stereocenters. The zero-order valence-electron chi connectivity index (χ0n) is 21.5.